The van der Waals surface area contributed by atoms with Crippen LogP contribution < -0.4 is 5.56 Å². The Labute approximate surface area is 107 Å². The van der Waals surface area contributed by atoms with Crippen molar-refractivity contribution in [2.45, 2.75) is 11.7 Å². The van der Waals surface area contributed by atoms with Crippen molar-refractivity contribution in [3.8, 4) is 11.3 Å². The van der Waals surface area contributed by atoms with E-state index < -0.39 is 0 Å². The maximum absolute atomic E-state index is 11.9. The molecule has 5 heteroatoms. The molecule has 1 aliphatic rings. The van der Waals surface area contributed by atoms with E-state index in [1.54, 1.807) is 28.5 Å². The van der Waals surface area contributed by atoms with Gasteiger partial charge in [-0.15, -0.1) is 0 Å². The van der Waals surface area contributed by atoms with Crippen LogP contribution in [-0.4, -0.2) is 15.3 Å². The number of thioether (sulfide) groups is 1. The Kier molecular flexibility index (Phi) is 2.68. The van der Waals surface area contributed by atoms with E-state index in [4.69, 9.17) is 11.6 Å². The molecule has 2 heterocycles. The summed E-state index contributed by atoms with van der Waals surface area (Å²) in [6.07, 6.45) is 0. The molecule has 0 spiro atoms. The molecule has 0 fully saturated rings. The highest BCUT2D eigenvalue weighted by Crippen LogP contribution is 2.25. The Morgan fingerprint density at radius 2 is 2.24 bits per heavy atom. The second-order valence-electron chi connectivity index (χ2n) is 3.77. The quantitative estimate of drug-likeness (QED) is 0.743. The molecule has 3 rings (SSSR count). The molecule has 2 aromatic rings. The van der Waals surface area contributed by atoms with Gasteiger partial charge in [0.25, 0.3) is 5.56 Å². The predicted molar refractivity (Wildman–Crippen MR) is 69.7 cm³/mol. The fourth-order valence-electron chi connectivity index (χ4n) is 1.82. The van der Waals surface area contributed by atoms with E-state index in [0.717, 1.165) is 23.0 Å². The average Bonchev–Trinajstić information content (AvgIpc) is 2.77. The number of halogens is 1. The van der Waals surface area contributed by atoms with Crippen LogP contribution in [-0.2, 0) is 6.54 Å². The maximum Gasteiger partial charge on any atom is 0.254 e. The van der Waals surface area contributed by atoms with E-state index in [-0.39, 0.29) is 5.56 Å². The zero-order valence-electron chi connectivity index (χ0n) is 8.89. The SMILES string of the molecule is O=c1cc(-c2cccc(Cl)c2)nc2n1CCS2. The minimum Gasteiger partial charge on any atom is -0.287 e. The van der Waals surface area contributed by atoms with E-state index in [1.165, 1.54) is 0 Å². The summed E-state index contributed by atoms with van der Waals surface area (Å²) in [6, 6.07) is 8.96. The summed E-state index contributed by atoms with van der Waals surface area (Å²) >= 11 is 7.55. The lowest BCUT2D eigenvalue weighted by molar-refractivity contribution is 0.658. The summed E-state index contributed by atoms with van der Waals surface area (Å²) in [5.74, 6) is 0.918. The molecular formula is C12H9ClN2OS. The largest absolute Gasteiger partial charge is 0.287 e. The molecule has 1 aliphatic heterocycles. The number of hydrogen-bond donors (Lipinski definition) is 0. The van der Waals surface area contributed by atoms with E-state index in [9.17, 15) is 4.79 Å². The third-order valence-electron chi connectivity index (χ3n) is 2.64. The summed E-state index contributed by atoms with van der Waals surface area (Å²) in [7, 11) is 0. The molecule has 0 bridgehead atoms. The normalized spacial score (nSPS) is 13.7. The van der Waals surface area contributed by atoms with Crippen LogP contribution in [0.2, 0.25) is 5.02 Å². The van der Waals surface area contributed by atoms with Crippen molar-refractivity contribution in [3.63, 3.8) is 0 Å². The van der Waals surface area contributed by atoms with Crippen LogP contribution in [0.25, 0.3) is 11.3 Å². The molecule has 86 valence electrons. The molecule has 0 amide bonds. The highest BCUT2D eigenvalue weighted by Gasteiger charge is 2.15. The molecule has 1 aromatic carbocycles. The molecule has 1 aromatic heterocycles. The first-order valence-electron chi connectivity index (χ1n) is 5.25. The van der Waals surface area contributed by atoms with Crippen LogP contribution in [0.15, 0.2) is 40.3 Å². The Morgan fingerprint density at radius 1 is 1.35 bits per heavy atom. The molecule has 0 saturated heterocycles. The van der Waals surface area contributed by atoms with Crippen molar-refractivity contribution in [2.24, 2.45) is 0 Å². The standard InChI is InChI=1S/C12H9ClN2OS/c13-9-3-1-2-8(6-9)10-7-11(16)15-4-5-17-12(15)14-10/h1-3,6-7H,4-5H2. The summed E-state index contributed by atoms with van der Waals surface area (Å²) < 4.78 is 1.71. The Morgan fingerprint density at radius 3 is 3.06 bits per heavy atom. The van der Waals surface area contributed by atoms with Crippen LogP contribution in [0.5, 0.6) is 0 Å². The van der Waals surface area contributed by atoms with Gasteiger partial charge in [-0.2, -0.15) is 0 Å². The molecular weight excluding hydrogens is 256 g/mol. The van der Waals surface area contributed by atoms with Crippen molar-refractivity contribution in [2.75, 3.05) is 5.75 Å². The Hall–Kier alpha value is -1.26. The smallest absolute Gasteiger partial charge is 0.254 e. The molecule has 0 unspecified atom stereocenters. The van der Waals surface area contributed by atoms with Gasteiger partial charge in [-0.25, -0.2) is 4.98 Å². The van der Waals surface area contributed by atoms with Gasteiger partial charge in [-0.05, 0) is 12.1 Å². The van der Waals surface area contributed by atoms with Gasteiger partial charge in [-0.3, -0.25) is 9.36 Å². The Bertz CT molecular complexity index is 639. The summed E-state index contributed by atoms with van der Waals surface area (Å²) in [6.45, 7) is 0.752. The number of nitrogens with zero attached hydrogens (tertiary/aromatic N) is 2. The van der Waals surface area contributed by atoms with Crippen LogP contribution in [0, 0.1) is 0 Å². The Balaban J connectivity index is 2.16. The average molecular weight is 265 g/mol. The fourth-order valence-corrected chi connectivity index (χ4v) is 2.97. The van der Waals surface area contributed by atoms with Crippen molar-refractivity contribution in [1.82, 2.24) is 9.55 Å². The topological polar surface area (TPSA) is 34.9 Å². The summed E-state index contributed by atoms with van der Waals surface area (Å²) in [5.41, 5.74) is 1.58. The van der Waals surface area contributed by atoms with Crippen LogP contribution in [0.1, 0.15) is 0 Å². The zero-order valence-corrected chi connectivity index (χ0v) is 10.5. The highest BCUT2D eigenvalue weighted by atomic mass is 35.5. The van der Waals surface area contributed by atoms with Gasteiger partial charge in [0.2, 0.25) is 0 Å². The first-order chi connectivity index (χ1) is 8.24. The maximum atomic E-state index is 11.9. The lowest BCUT2D eigenvalue weighted by Gasteiger charge is -2.05. The van der Waals surface area contributed by atoms with Gasteiger partial charge >= 0.3 is 0 Å². The molecule has 17 heavy (non-hydrogen) atoms. The summed E-state index contributed by atoms with van der Waals surface area (Å²) in [4.78, 5) is 16.4. The van der Waals surface area contributed by atoms with Gasteiger partial charge in [-0.1, -0.05) is 35.5 Å². The molecule has 0 saturated carbocycles. The van der Waals surface area contributed by atoms with Crippen molar-refractivity contribution >= 4 is 23.4 Å². The molecule has 0 aliphatic carbocycles. The van der Waals surface area contributed by atoms with E-state index in [0.29, 0.717) is 10.7 Å². The molecule has 0 radical (unpaired) electrons. The minimum absolute atomic E-state index is 0.00924. The molecule has 0 atom stereocenters. The van der Waals surface area contributed by atoms with Gasteiger partial charge in [0, 0.05) is 29.0 Å². The first-order valence-corrected chi connectivity index (χ1v) is 6.61. The third kappa shape index (κ3) is 1.98. The van der Waals surface area contributed by atoms with Crippen molar-refractivity contribution in [1.29, 1.82) is 0 Å². The number of fused-ring (bicyclic) bond motifs is 1. The van der Waals surface area contributed by atoms with Gasteiger partial charge in [0.1, 0.15) is 0 Å². The number of hydrogen-bond acceptors (Lipinski definition) is 3. The van der Waals surface area contributed by atoms with Crippen molar-refractivity contribution < 1.29 is 0 Å². The zero-order chi connectivity index (χ0) is 11.8. The van der Waals surface area contributed by atoms with Crippen LogP contribution in [0.3, 0.4) is 0 Å². The summed E-state index contributed by atoms with van der Waals surface area (Å²) in [5, 5.41) is 1.45. The fraction of sp³-hybridized carbons (Fsp3) is 0.167. The number of benzene rings is 1. The van der Waals surface area contributed by atoms with Gasteiger partial charge < -0.3 is 0 Å². The predicted octanol–water partition coefficient (Wildman–Crippen LogP) is 2.67. The second-order valence-corrected chi connectivity index (χ2v) is 5.27. The van der Waals surface area contributed by atoms with E-state index in [1.807, 2.05) is 18.2 Å². The van der Waals surface area contributed by atoms with Crippen molar-refractivity contribution in [3.05, 3.63) is 45.7 Å². The van der Waals surface area contributed by atoms with Gasteiger partial charge in [0.15, 0.2) is 5.16 Å². The monoisotopic (exact) mass is 264 g/mol. The number of rotatable bonds is 1. The highest BCUT2D eigenvalue weighted by molar-refractivity contribution is 7.99. The lowest BCUT2D eigenvalue weighted by Crippen LogP contribution is -2.19. The lowest BCUT2D eigenvalue weighted by atomic mass is 10.1. The minimum atomic E-state index is 0.00924. The molecule has 3 nitrogen and oxygen atoms in total. The van der Waals surface area contributed by atoms with Gasteiger partial charge in [0.05, 0.1) is 5.69 Å². The second kappa shape index (κ2) is 4.20. The third-order valence-corrected chi connectivity index (χ3v) is 3.83. The van der Waals surface area contributed by atoms with E-state index >= 15 is 0 Å². The first kappa shape index (κ1) is 10.9. The van der Waals surface area contributed by atoms with Crippen LogP contribution >= 0.6 is 23.4 Å². The van der Waals surface area contributed by atoms with Crippen LogP contribution in [0.4, 0.5) is 0 Å². The van der Waals surface area contributed by atoms with E-state index in [2.05, 4.69) is 4.98 Å². The number of aromatic nitrogens is 2. The molecule has 0 N–H and O–H groups in total.